The number of imidazole rings is 1. The molecular formula is C22H25BrN8S. The number of aromatic nitrogens is 6. The molecule has 10 heteroatoms. The first-order valence-corrected chi connectivity index (χ1v) is 11.6. The van der Waals surface area contributed by atoms with Crippen LogP contribution < -0.4 is 5.32 Å². The van der Waals surface area contributed by atoms with E-state index < -0.39 is 0 Å². The van der Waals surface area contributed by atoms with Crippen LogP contribution in [0.1, 0.15) is 38.0 Å². The van der Waals surface area contributed by atoms with Gasteiger partial charge >= 0.3 is 0 Å². The predicted molar refractivity (Wildman–Crippen MR) is 133 cm³/mol. The number of rotatable bonds is 6. The van der Waals surface area contributed by atoms with Crippen molar-refractivity contribution in [3.63, 3.8) is 0 Å². The van der Waals surface area contributed by atoms with Gasteiger partial charge in [0.2, 0.25) is 0 Å². The predicted octanol–water partition coefficient (Wildman–Crippen LogP) is 5.24. The number of nitrogens with zero attached hydrogens (tertiary/aromatic N) is 6. The Balaban J connectivity index is 0.00000141. The topological polar surface area (TPSA) is 96.7 Å². The molecule has 0 aliphatic heterocycles. The lowest BCUT2D eigenvalue weighted by molar-refractivity contribution is 0.892. The number of allylic oxidation sites excluding steroid dienone is 1. The molecule has 0 bridgehead atoms. The van der Waals surface area contributed by atoms with Crippen molar-refractivity contribution in [3.8, 4) is 11.3 Å². The Morgan fingerprint density at radius 1 is 1.22 bits per heavy atom. The quantitative estimate of drug-likeness (QED) is 0.272. The summed E-state index contributed by atoms with van der Waals surface area (Å²) in [6.07, 6.45) is 7.82. The van der Waals surface area contributed by atoms with Gasteiger partial charge in [-0.3, -0.25) is 10.1 Å². The highest BCUT2D eigenvalue weighted by atomic mass is 79.9. The van der Waals surface area contributed by atoms with Crippen molar-refractivity contribution >= 4 is 38.3 Å². The Morgan fingerprint density at radius 2 is 2.03 bits per heavy atom. The van der Waals surface area contributed by atoms with Crippen molar-refractivity contribution in [1.29, 1.82) is 0 Å². The molecule has 0 unspecified atom stereocenters. The molecule has 4 heterocycles. The van der Waals surface area contributed by atoms with E-state index in [0.717, 1.165) is 37.8 Å². The minimum atomic E-state index is 0.608. The van der Waals surface area contributed by atoms with E-state index in [2.05, 4.69) is 52.4 Å². The molecule has 0 saturated heterocycles. The van der Waals surface area contributed by atoms with E-state index in [9.17, 15) is 0 Å². The number of amidine groups is 1. The molecular weight excluding hydrogens is 488 g/mol. The third kappa shape index (κ3) is 5.77. The van der Waals surface area contributed by atoms with Crippen molar-refractivity contribution in [2.24, 2.45) is 12.0 Å². The summed E-state index contributed by atoms with van der Waals surface area (Å²) in [4.78, 5) is 13.7. The first-order chi connectivity index (χ1) is 15.5. The van der Waals surface area contributed by atoms with Gasteiger partial charge in [-0.05, 0) is 52.6 Å². The number of pyridine rings is 1. The largest absolute Gasteiger partial charge is 0.342 e. The fourth-order valence-corrected chi connectivity index (χ4v) is 3.75. The molecule has 0 atom stereocenters. The number of H-pyrrole nitrogens is 1. The van der Waals surface area contributed by atoms with Crippen molar-refractivity contribution < 1.29 is 0 Å². The summed E-state index contributed by atoms with van der Waals surface area (Å²) in [6.45, 7) is 9.83. The molecule has 0 spiro atoms. The summed E-state index contributed by atoms with van der Waals surface area (Å²) < 4.78 is 7.44. The molecule has 166 valence electrons. The third-order valence-corrected chi connectivity index (χ3v) is 5.44. The third-order valence-electron chi connectivity index (χ3n) is 4.25. The lowest BCUT2D eigenvalue weighted by Crippen LogP contribution is -2.25. The van der Waals surface area contributed by atoms with E-state index >= 15 is 0 Å². The standard InChI is InChI=1S/C20H19BrN8S.C2H6/c1-12(2)26-19(20-23-11-17(29(20)3)13-8-24-25-9-13)27-18-7-16(28-30-18)6-15-5-4-14(21)10-22-15;1-2/h4-5,7-11H,1,6H2,2-3H3,(H,24,25)(H,26,27);1-2H3. The minimum Gasteiger partial charge on any atom is -0.342 e. The second-order valence-corrected chi connectivity index (χ2v) is 8.38. The smallest absolute Gasteiger partial charge is 0.176 e. The number of nitrogens with one attached hydrogen (secondary N) is 2. The van der Waals surface area contributed by atoms with Crippen LogP contribution in [0.15, 0.2) is 64.7 Å². The Labute approximate surface area is 199 Å². The van der Waals surface area contributed by atoms with Crippen LogP contribution >= 0.6 is 27.5 Å². The molecule has 4 aromatic rings. The molecule has 0 saturated carbocycles. The van der Waals surface area contributed by atoms with E-state index in [1.165, 1.54) is 11.5 Å². The molecule has 4 rings (SSSR count). The lowest BCUT2D eigenvalue weighted by Gasteiger charge is -2.10. The maximum atomic E-state index is 4.77. The second-order valence-electron chi connectivity index (χ2n) is 6.68. The normalized spacial score (nSPS) is 11.1. The average Bonchev–Trinajstić information content (AvgIpc) is 3.52. The molecule has 32 heavy (non-hydrogen) atoms. The molecule has 8 nitrogen and oxygen atoms in total. The number of aliphatic imine (C=N–C) groups is 1. The SMILES string of the molecule is C=C(C)N/C(=N/c1cc(Cc2ccc(Br)cn2)ns1)c1ncc(-c2cn[nH]c2)n1C.CC. The van der Waals surface area contributed by atoms with Gasteiger partial charge in [-0.25, -0.2) is 9.98 Å². The molecule has 0 aliphatic carbocycles. The highest BCUT2D eigenvalue weighted by molar-refractivity contribution is 9.10. The summed E-state index contributed by atoms with van der Waals surface area (Å²) in [6, 6.07) is 5.92. The Bertz CT molecular complexity index is 1190. The zero-order chi connectivity index (χ0) is 23.1. The summed E-state index contributed by atoms with van der Waals surface area (Å²) in [5, 5.41) is 10.8. The zero-order valence-corrected chi connectivity index (χ0v) is 20.8. The van der Waals surface area contributed by atoms with E-state index in [1.807, 2.05) is 56.8 Å². The van der Waals surface area contributed by atoms with Crippen LogP contribution in [-0.2, 0) is 13.5 Å². The van der Waals surface area contributed by atoms with Crippen molar-refractivity contribution in [3.05, 3.63) is 76.9 Å². The highest BCUT2D eigenvalue weighted by Crippen LogP contribution is 2.24. The summed E-state index contributed by atoms with van der Waals surface area (Å²) in [5.41, 5.74) is 4.52. The Morgan fingerprint density at radius 3 is 2.69 bits per heavy atom. The fourth-order valence-electron chi connectivity index (χ4n) is 2.87. The van der Waals surface area contributed by atoms with E-state index in [4.69, 9.17) is 4.99 Å². The summed E-state index contributed by atoms with van der Waals surface area (Å²) in [5.74, 6) is 1.30. The van der Waals surface area contributed by atoms with Crippen molar-refractivity contribution in [1.82, 2.24) is 34.4 Å². The van der Waals surface area contributed by atoms with E-state index in [-0.39, 0.29) is 0 Å². The maximum absolute atomic E-state index is 4.77. The van der Waals surface area contributed by atoms with Gasteiger partial charge in [0.25, 0.3) is 0 Å². The van der Waals surface area contributed by atoms with Crippen LogP contribution in [0.2, 0.25) is 0 Å². The van der Waals surface area contributed by atoms with Gasteiger partial charge in [0.1, 0.15) is 5.00 Å². The zero-order valence-electron chi connectivity index (χ0n) is 18.4. The molecule has 0 aromatic carbocycles. The van der Waals surface area contributed by atoms with Crippen LogP contribution in [0.5, 0.6) is 0 Å². The average molecular weight is 513 g/mol. The molecule has 2 N–H and O–H groups in total. The van der Waals surface area contributed by atoms with Crippen molar-refractivity contribution in [2.75, 3.05) is 0 Å². The van der Waals surface area contributed by atoms with E-state index in [1.54, 1.807) is 18.6 Å². The molecule has 0 amide bonds. The van der Waals surface area contributed by atoms with Gasteiger partial charge in [0, 0.05) is 47.3 Å². The van der Waals surface area contributed by atoms with Gasteiger partial charge in [0.05, 0.1) is 23.8 Å². The number of hydrogen-bond donors (Lipinski definition) is 2. The maximum Gasteiger partial charge on any atom is 0.176 e. The first kappa shape index (κ1) is 23.6. The minimum absolute atomic E-state index is 0.608. The van der Waals surface area contributed by atoms with Crippen LogP contribution in [0.25, 0.3) is 11.3 Å². The molecule has 0 fully saturated rings. The highest BCUT2D eigenvalue weighted by Gasteiger charge is 2.16. The van der Waals surface area contributed by atoms with Crippen LogP contribution in [-0.4, -0.2) is 34.9 Å². The van der Waals surface area contributed by atoms with E-state index in [0.29, 0.717) is 18.1 Å². The van der Waals surface area contributed by atoms with Crippen LogP contribution in [0, 0.1) is 0 Å². The molecule has 0 radical (unpaired) electrons. The van der Waals surface area contributed by atoms with Gasteiger partial charge in [-0.15, -0.1) is 0 Å². The van der Waals surface area contributed by atoms with Gasteiger partial charge in [0.15, 0.2) is 11.7 Å². The molecule has 4 aromatic heterocycles. The first-order valence-electron chi connectivity index (χ1n) is 10.1. The Hall–Kier alpha value is -3.11. The van der Waals surface area contributed by atoms with Crippen molar-refractivity contribution in [2.45, 2.75) is 27.2 Å². The molecule has 0 aliphatic rings. The second kappa shape index (κ2) is 11.0. The number of halogens is 1. The Kier molecular flexibility index (Phi) is 8.07. The van der Waals surface area contributed by atoms with Crippen LogP contribution in [0.4, 0.5) is 5.00 Å². The van der Waals surface area contributed by atoms with Crippen LogP contribution in [0.3, 0.4) is 0 Å². The summed E-state index contributed by atoms with van der Waals surface area (Å²) in [7, 11) is 1.94. The summed E-state index contributed by atoms with van der Waals surface area (Å²) >= 11 is 4.74. The lowest BCUT2D eigenvalue weighted by atomic mass is 10.2. The van der Waals surface area contributed by atoms with Gasteiger partial charge < -0.3 is 9.88 Å². The number of aromatic amines is 1. The fraction of sp³-hybridized carbons (Fsp3) is 0.227. The monoisotopic (exact) mass is 512 g/mol. The number of hydrogen-bond acceptors (Lipinski definition) is 6. The van der Waals surface area contributed by atoms with Gasteiger partial charge in [-0.1, -0.05) is 20.4 Å². The van der Waals surface area contributed by atoms with Gasteiger partial charge in [-0.2, -0.15) is 9.47 Å².